The molecule has 6 nitrogen and oxygen atoms in total. The molecule has 0 radical (unpaired) electrons. The standard InChI is InChI=1S/C19H15Cl2N3O3S/c1-12-3-2-10-22-18(12)23-19(25)13-4-9-16(21)17(11-13)28(26,27)24-15-7-5-14(20)6-8-15/h2-11,24H,1H3,(H,22,23,25). The maximum absolute atomic E-state index is 12.7. The molecule has 0 aliphatic heterocycles. The van der Waals surface area contributed by atoms with Gasteiger partial charge in [-0.3, -0.25) is 9.52 Å². The average molecular weight is 436 g/mol. The zero-order valence-corrected chi connectivity index (χ0v) is 16.9. The molecular weight excluding hydrogens is 421 g/mol. The summed E-state index contributed by atoms with van der Waals surface area (Å²) in [7, 11) is -4.01. The predicted molar refractivity (Wildman–Crippen MR) is 111 cm³/mol. The van der Waals surface area contributed by atoms with Gasteiger partial charge in [0.1, 0.15) is 10.7 Å². The van der Waals surface area contributed by atoms with E-state index in [9.17, 15) is 13.2 Å². The maximum Gasteiger partial charge on any atom is 0.263 e. The van der Waals surface area contributed by atoms with Crippen molar-refractivity contribution < 1.29 is 13.2 Å². The van der Waals surface area contributed by atoms with Crippen LogP contribution in [0.1, 0.15) is 15.9 Å². The van der Waals surface area contributed by atoms with Crippen LogP contribution < -0.4 is 10.0 Å². The minimum Gasteiger partial charge on any atom is -0.306 e. The molecule has 0 bridgehead atoms. The highest BCUT2D eigenvalue weighted by atomic mass is 35.5. The number of carbonyl (C=O) groups is 1. The van der Waals surface area contributed by atoms with Crippen LogP contribution in [0.5, 0.6) is 0 Å². The molecule has 0 fully saturated rings. The van der Waals surface area contributed by atoms with E-state index in [1.54, 1.807) is 37.4 Å². The van der Waals surface area contributed by atoms with Crippen molar-refractivity contribution in [3.63, 3.8) is 0 Å². The van der Waals surface area contributed by atoms with E-state index < -0.39 is 15.9 Å². The Morgan fingerprint density at radius 2 is 1.75 bits per heavy atom. The third-order valence-corrected chi connectivity index (χ3v) is 5.94. The zero-order chi connectivity index (χ0) is 20.3. The van der Waals surface area contributed by atoms with E-state index in [1.165, 1.54) is 30.3 Å². The second-order valence-electron chi connectivity index (χ2n) is 5.88. The molecular formula is C19H15Cl2N3O3S. The Morgan fingerprint density at radius 1 is 1.04 bits per heavy atom. The number of rotatable bonds is 5. The van der Waals surface area contributed by atoms with E-state index in [4.69, 9.17) is 23.2 Å². The molecule has 2 N–H and O–H groups in total. The van der Waals surface area contributed by atoms with Gasteiger partial charge in [0.25, 0.3) is 15.9 Å². The van der Waals surface area contributed by atoms with E-state index >= 15 is 0 Å². The summed E-state index contributed by atoms with van der Waals surface area (Å²) in [6.07, 6.45) is 1.55. The van der Waals surface area contributed by atoms with Crippen molar-refractivity contribution in [1.82, 2.24) is 4.98 Å². The number of pyridine rings is 1. The summed E-state index contributed by atoms with van der Waals surface area (Å²) in [6, 6.07) is 13.7. The first-order valence-corrected chi connectivity index (χ1v) is 10.3. The van der Waals surface area contributed by atoms with E-state index in [1.807, 2.05) is 0 Å². The van der Waals surface area contributed by atoms with Crippen LogP contribution in [0.4, 0.5) is 11.5 Å². The summed E-state index contributed by atoms with van der Waals surface area (Å²) in [5.41, 5.74) is 1.23. The molecule has 1 aromatic heterocycles. The number of hydrogen-bond donors (Lipinski definition) is 2. The number of hydrogen-bond acceptors (Lipinski definition) is 4. The van der Waals surface area contributed by atoms with Crippen molar-refractivity contribution in [1.29, 1.82) is 0 Å². The van der Waals surface area contributed by atoms with Crippen LogP contribution in [0.15, 0.2) is 65.7 Å². The van der Waals surface area contributed by atoms with Crippen molar-refractivity contribution in [2.45, 2.75) is 11.8 Å². The number of amides is 1. The van der Waals surface area contributed by atoms with Gasteiger partial charge >= 0.3 is 0 Å². The van der Waals surface area contributed by atoms with Crippen molar-refractivity contribution in [2.75, 3.05) is 10.0 Å². The first-order chi connectivity index (χ1) is 13.3. The highest BCUT2D eigenvalue weighted by Crippen LogP contribution is 2.26. The lowest BCUT2D eigenvalue weighted by Crippen LogP contribution is -2.17. The number of nitrogens with zero attached hydrogens (tertiary/aromatic N) is 1. The molecule has 0 saturated carbocycles. The molecule has 0 aliphatic carbocycles. The highest BCUT2D eigenvalue weighted by molar-refractivity contribution is 7.92. The Morgan fingerprint density at radius 3 is 2.43 bits per heavy atom. The van der Waals surface area contributed by atoms with E-state index in [0.29, 0.717) is 16.5 Å². The van der Waals surface area contributed by atoms with Crippen molar-refractivity contribution >= 4 is 50.6 Å². The minimum absolute atomic E-state index is 0.00738. The summed E-state index contributed by atoms with van der Waals surface area (Å²) >= 11 is 11.9. The van der Waals surface area contributed by atoms with Gasteiger partial charge in [0.2, 0.25) is 0 Å². The van der Waals surface area contributed by atoms with Crippen LogP contribution >= 0.6 is 23.2 Å². The van der Waals surface area contributed by atoms with Crippen molar-refractivity contribution in [2.24, 2.45) is 0 Å². The molecule has 3 aromatic rings. The number of carbonyl (C=O) groups excluding carboxylic acids is 1. The van der Waals surface area contributed by atoms with Crippen LogP contribution in [0.25, 0.3) is 0 Å². The first-order valence-electron chi connectivity index (χ1n) is 8.07. The Labute approximate surface area is 172 Å². The van der Waals surface area contributed by atoms with Crippen molar-refractivity contribution in [3.8, 4) is 0 Å². The molecule has 28 heavy (non-hydrogen) atoms. The van der Waals surface area contributed by atoms with Gasteiger partial charge in [-0.25, -0.2) is 13.4 Å². The third kappa shape index (κ3) is 4.62. The number of anilines is 2. The van der Waals surface area contributed by atoms with Crippen molar-refractivity contribution in [3.05, 3.63) is 82.0 Å². The van der Waals surface area contributed by atoms with Gasteiger partial charge in [0.05, 0.1) is 5.02 Å². The van der Waals surface area contributed by atoms with Gasteiger partial charge < -0.3 is 5.32 Å². The smallest absolute Gasteiger partial charge is 0.263 e. The number of sulfonamides is 1. The Bertz CT molecular complexity index is 1130. The van der Waals surface area contributed by atoms with E-state index in [-0.39, 0.29) is 15.5 Å². The number of benzene rings is 2. The SMILES string of the molecule is Cc1cccnc1NC(=O)c1ccc(Cl)c(S(=O)(=O)Nc2ccc(Cl)cc2)c1. The molecule has 1 heterocycles. The van der Waals surface area contributed by atoms with Gasteiger partial charge in [0, 0.05) is 22.5 Å². The Balaban J connectivity index is 1.89. The summed E-state index contributed by atoms with van der Waals surface area (Å²) in [4.78, 5) is 16.4. The largest absolute Gasteiger partial charge is 0.306 e. The van der Waals surface area contributed by atoms with Crippen LogP contribution in [0, 0.1) is 6.92 Å². The normalized spacial score (nSPS) is 11.1. The molecule has 1 amide bonds. The van der Waals surface area contributed by atoms with Gasteiger partial charge in [0.15, 0.2) is 0 Å². The quantitative estimate of drug-likeness (QED) is 0.604. The van der Waals surface area contributed by atoms with Crippen LogP contribution in [-0.2, 0) is 10.0 Å². The minimum atomic E-state index is -4.01. The number of aryl methyl sites for hydroxylation is 1. The van der Waals surface area contributed by atoms with Gasteiger partial charge in [-0.2, -0.15) is 0 Å². The summed E-state index contributed by atoms with van der Waals surface area (Å²) in [6.45, 7) is 1.80. The lowest BCUT2D eigenvalue weighted by atomic mass is 10.2. The van der Waals surface area contributed by atoms with E-state index in [0.717, 1.165) is 5.56 Å². The summed E-state index contributed by atoms with van der Waals surface area (Å²) in [5.74, 6) is -0.104. The fourth-order valence-electron chi connectivity index (χ4n) is 2.37. The molecule has 0 atom stereocenters. The summed E-state index contributed by atoms with van der Waals surface area (Å²) in [5, 5.41) is 3.13. The highest BCUT2D eigenvalue weighted by Gasteiger charge is 2.21. The molecule has 9 heteroatoms. The van der Waals surface area contributed by atoms with Crippen LogP contribution in [-0.4, -0.2) is 19.3 Å². The number of nitrogens with one attached hydrogen (secondary N) is 2. The molecule has 144 valence electrons. The first kappa shape index (κ1) is 20.1. The number of aromatic nitrogens is 1. The average Bonchev–Trinajstić information content (AvgIpc) is 2.65. The lowest BCUT2D eigenvalue weighted by molar-refractivity contribution is 0.102. The van der Waals surface area contributed by atoms with Gasteiger partial charge in [-0.1, -0.05) is 29.3 Å². The molecule has 3 rings (SSSR count). The number of halogens is 2. The zero-order valence-electron chi connectivity index (χ0n) is 14.6. The van der Waals surface area contributed by atoms with Crippen LogP contribution in [0.3, 0.4) is 0 Å². The maximum atomic E-state index is 12.7. The molecule has 0 spiro atoms. The monoisotopic (exact) mass is 435 g/mol. The molecule has 0 aliphatic rings. The predicted octanol–water partition coefficient (Wildman–Crippen LogP) is 4.75. The van der Waals surface area contributed by atoms with Crippen LogP contribution in [0.2, 0.25) is 10.0 Å². The van der Waals surface area contributed by atoms with E-state index in [2.05, 4.69) is 15.0 Å². The van der Waals surface area contributed by atoms with Gasteiger partial charge in [-0.05, 0) is 61.0 Å². The van der Waals surface area contributed by atoms with Gasteiger partial charge in [-0.15, -0.1) is 0 Å². The molecule has 2 aromatic carbocycles. The Hall–Kier alpha value is -2.61. The molecule has 0 unspecified atom stereocenters. The summed E-state index contributed by atoms with van der Waals surface area (Å²) < 4.78 is 27.9. The molecule has 0 saturated heterocycles. The topological polar surface area (TPSA) is 88.2 Å². The second-order valence-corrected chi connectivity index (χ2v) is 8.38. The fraction of sp³-hybridized carbons (Fsp3) is 0.0526. The second kappa shape index (κ2) is 8.18. The Kier molecular flexibility index (Phi) is 5.88. The third-order valence-electron chi connectivity index (χ3n) is 3.82. The lowest BCUT2D eigenvalue weighted by Gasteiger charge is -2.12. The fourth-order valence-corrected chi connectivity index (χ4v) is 4.09.